The maximum Gasteiger partial charge on any atom is 0.331 e. The van der Waals surface area contributed by atoms with Crippen molar-refractivity contribution in [1.82, 2.24) is 0 Å². The fourth-order valence-corrected chi connectivity index (χ4v) is 7.20. The molecule has 4 heterocycles. The quantitative estimate of drug-likeness (QED) is 0.0477. The second kappa shape index (κ2) is 18.9. The number of phenolic OH excluding ortho intramolecular Hbond substituents is 4. The standard InChI is InChI=1S/C42H46O22/c1-15-28(48)31(51)34(54)40(58-15)57-14-25-38(63-26(47)10-5-17-3-7-19(43)8-4-17)33(53)36(56)42(62-25)64-39-30(50)27-23(46)12-20(60-41-35(55)32(52)29(49)16(2)59-41)13-24(27)61-37(39)18-6-9-21(44)22(45)11-18/h3-13,15-16,25,28-29,31-36,38,40-46,48-49,51-56H,14H2,1-2H3/b10-5+/t15-,16-,25+,28-,29-,31+,32+,33+,34+,35+,36+,38-,40+,41-,42-/m0/s1. The molecule has 0 bridgehead atoms. The molecule has 64 heavy (non-hydrogen) atoms. The summed E-state index contributed by atoms with van der Waals surface area (Å²) in [5, 5.41) is 125. The number of phenols is 4. The summed E-state index contributed by atoms with van der Waals surface area (Å²) in [5.41, 5.74) is -1.20. The first-order valence-corrected chi connectivity index (χ1v) is 19.7. The van der Waals surface area contributed by atoms with Crippen molar-refractivity contribution in [3.63, 3.8) is 0 Å². The molecule has 0 amide bonds. The van der Waals surface area contributed by atoms with Gasteiger partial charge in [0, 0.05) is 23.8 Å². The molecule has 22 heteroatoms. The summed E-state index contributed by atoms with van der Waals surface area (Å²) >= 11 is 0. The number of benzene rings is 3. The summed E-state index contributed by atoms with van der Waals surface area (Å²) in [6, 6.07) is 10.9. The molecule has 3 fully saturated rings. The van der Waals surface area contributed by atoms with Gasteiger partial charge in [-0.2, -0.15) is 0 Å². The average molecular weight is 903 g/mol. The third-order valence-electron chi connectivity index (χ3n) is 10.9. The number of esters is 1. The van der Waals surface area contributed by atoms with Crippen LogP contribution in [0, 0.1) is 0 Å². The van der Waals surface area contributed by atoms with Crippen molar-refractivity contribution < 1.29 is 104 Å². The maximum atomic E-state index is 14.4. The molecular weight excluding hydrogens is 856 g/mol. The number of carbonyl (C=O) groups is 1. The Balaban J connectivity index is 1.23. The highest BCUT2D eigenvalue weighted by atomic mass is 16.7. The summed E-state index contributed by atoms with van der Waals surface area (Å²) in [5.74, 6) is -4.73. The summed E-state index contributed by atoms with van der Waals surface area (Å²) in [7, 11) is 0. The lowest BCUT2D eigenvalue weighted by Gasteiger charge is -2.43. The molecule has 346 valence electrons. The fourth-order valence-electron chi connectivity index (χ4n) is 7.20. The van der Waals surface area contributed by atoms with Crippen LogP contribution in [0.1, 0.15) is 19.4 Å². The third-order valence-corrected chi connectivity index (χ3v) is 10.9. The Morgan fingerprint density at radius 1 is 0.656 bits per heavy atom. The van der Waals surface area contributed by atoms with Gasteiger partial charge in [0.1, 0.15) is 83.2 Å². The van der Waals surface area contributed by atoms with E-state index in [1.165, 1.54) is 50.3 Å². The molecule has 0 unspecified atom stereocenters. The number of aliphatic hydroxyl groups is 8. The number of hydrogen-bond donors (Lipinski definition) is 12. The SMILES string of the molecule is C[C@@H]1O[C@@H](OC[C@H]2O[C@@H](Oc3c(-c4ccc(O)c(O)c4)oc4cc(O[C@@H]5O[C@@H](C)[C@H](O)[C@@H](O)[C@H]5O)cc(O)c4c3=O)[C@H](O)[C@@H](O)[C@H]2OC(=O)/C=C/c2ccc(O)cc2)[C@H](O)[C@H](O)[C@H]1O. The number of carbonyl (C=O) groups excluding carboxylic acids is 1. The first-order valence-electron chi connectivity index (χ1n) is 19.7. The van der Waals surface area contributed by atoms with E-state index in [4.69, 9.17) is 37.6 Å². The minimum absolute atomic E-state index is 0.0312. The number of fused-ring (bicyclic) bond motifs is 1. The molecule has 12 N–H and O–H groups in total. The van der Waals surface area contributed by atoms with Gasteiger partial charge in [-0.15, -0.1) is 0 Å². The zero-order valence-corrected chi connectivity index (χ0v) is 33.7. The Kier molecular flexibility index (Phi) is 13.7. The molecule has 1 aromatic heterocycles. The number of rotatable bonds is 11. The van der Waals surface area contributed by atoms with E-state index in [1.54, 1.807) is 0 Å². The molecule has 15 atom stereocenters. The predicted octanol–water partition coefficient (Wildman–Crippen LogP) is -1.22. The van der Waals surface area contributed by atoms with Crippen LogP contribution in [0.15, 0.2) is 69.9 Å². The average Bonchev–Trinajstić information content (AvgIpc) is 3.26. The predicted molar refractivity (Wildman–Crippen MR) is 213 cm³/mol. The van der Waals surface area contributed by atoms with Crippen LogP contribution < -0.4 is 14.9 Å². The zero-order valence-electron chi connectivity index (χ0n) is 33.7. The lowest BCUT2D eigenvalue weighted by molar-refractivity contribution is -0.319. The topological polar surface area (TPSA) is 355 Å². The van der Waals surface area contributed by atoms with E-state index in [0.29, 0.717) is 5.56 Å². The second-order valence-electron chi connectivity index (χ2n) is 15.4. The molecule has 3 aliphatic heterocycles. The molecular formula is C42H46O22. The van der Waals surface area contributed by atoms with Crippen molar-refractivity contribution >= 4 is 23.0 Å². The molecule has 3 saturated heterocycles. The number of ether oxygens (including phenoxy) is 7. The van der Waals surface area contributed by atoms with E-state index >= 15 is 0 Å². The van der Waals surface area contributed by atoms with Crippen LogP contribution in [-0.4, -0.2) is 166 Å². The van der Waals surface area contributed by atoms with Gasteiger partial charge in [0.05, 0.1) is 18.8 Å². The normalized spacial score (nSPS) is 33.2. The van der Waals surface area contributed by atoms with Gasteiger partial charge >= 0.3 is 5.97 Å². The first kappa shape index (κ1) is 46.4. The Hall–Kier alpha value is -5.60. The molecule has 3 aromatic carbocycles. The van der Waals surface area contributed by atoms with E-state index in [1.807, 2.05) is 0 Å². The molecule has 7 rings (SSSR count). The van der Waals surface area contributed by atoms with Crippen LogP contribution in [0.25, 0.3) is 28.4 Å². The van der Waals surface area contributed by atoms with Crippen LogP contribution >= 0.6 is 0 Å². The molecule has 0 aliphatic carbocycles. The van der Waals surface area contributed by atoms with Crippen molar-refractivity contribution in [2.24, 2.45) is 0 Å². The molecule has 0 radical (unpaired) electrons. The smallest absolute Gasteiger partial charge is 0.331 e. The van der Waals surface area contributed by atoms with Gasteiger partial charge in [0.2, 0.25) is 23.8 Å². The molecule has 3 aliphatic rings. The molecule has 4 aromatic rings. The summed E-state index contributed by atoms with van der Waals surface area (Å²) < 4.78 is 45.7. The fraction of sp³-hybridized carbons (Fsp3) is 0.429. The Labute approximate surface area is 361 Å². The van der Waals surface area contributed by atoms with Crippen molar-refractivity contribution in [2.75, 3.05) is 6.61 Å². The summed E-state index contributed by atoms with van der Waals surface area (Å²) in [6.45, 7) is 2.07. The van der Waals surface area contributed by atoms with Gasteiger partial charge in [-0.1, -0.05) is 12.1 Å². The zero-order chi connectivity index (χ0) is 46.3. The molecule has 22 nitrogen and oxygen atoms in total. The molecule has 0 saturated carbocycles. The van der Waals surface area contributed by atoms with Crippen LogP contribution in [0.5, 0.6) is 34.5 Å². The van der Waals surface area contributed by atoms with Crippen LogP contribution in [0.4, 0.5) is 0 Å². The second-order valence-corrected chi connectivity index (χ2v) is 15.4. The van der Waals surface area contributed by atoms with E-state index in [9.17, 15) is 70.9 Å². The lowest BCUT2D eigenvalue weighted by atomic mass is 9.98. The largest absolute Gasteiger partial charge is 0.508 e. The van der Waals surface area contributed by atoms with E-state index in [0.717, 1.165) is 30.3 Å². The minimum Gasteiger partial charge on any atom is -0.508 e. The summed E-state index contributed by atoms with van der Waals surface area (Å²) in [4.78, 5) is 27.4. The van der Waals surface area contributed by atoms with Gasteiger partial charge < -0.3 is 98.9 Å². The van der Waals surface area contributed by atoms with E-state index < -0.39 is 150 Å². The van der Waals surface area contributed by atoms with Gasteiger partial charge in [0.25, 0.3) is 0 Å². The first-order chi connectivity index (χ1) is 30.3. The Morgan fingerprint density at radius 2 is 1.27 bits per heavy atom. The van der Waals surface area contributed by atoms with Crippen LogP contribution in [-0.2, 0) is 28.5 Å². The number of aromatic hydroxyl groups is 4. The van der Waals surface area contributed by atoms with Crippen molar-refractivity contribution in [1.29, 1.82) is 0 Å². The summed E-state index contributed by atoms with van der Waals surface area (Å²) in [6.07, 6.45) is -22.6. The third kappa shape index (κ3) is 9.44. The highest BCUT2D eigenvalue weighted by molar-refractivity contribution is 5.89. The highest BCUT2D eigenvalue weighted by Gasteiger charge is 2.50. The van der Waals surface area contributed by atoms with Crippen LogP contribution in [0.2, 0.25) is 0 Å². The van der Waals surface area contributed by atoms with Gasteiger partial charge in [-0.3, -0.25) is 4.79 Å². The van der Waals surface area contributed by atoms with Crippen molar-refractivity contribution in [2.45, 2.75) is 106 Å². The van der Waals surface area contributed by atoms with Crippen molar-refractivity contribution in [3.8, 4) is 45.8 Å². The maximum absolute atomic E-state index is 14.4. The van der Waals surface area contributed by atoms with Gasteiger partial charge in [0.15, 0.2) is 29.7 Å². The Bertz CT molecular complexity index is 2390. The Morgan fingerprint density at radius 3 is 1.92 bits per heavy atom. The number of hydrogen-bond acceptors (Lipinski definition) is 22. The highest BCUT2D eigenvalue weighted by Crippen LogP contribution is 2.40. The van der Waals surface area contributed by atoms with Gasteiger partial charge in [-0.25, -0.2) is 4.79 Å². The lowest BCUT2D eigenvalue weighted by Crippen LogP contribution is -2.62. The van der Waals surface area contributed by atoms with E-state index in [2.05, 4.69) is 0 Å². The minimum atomic E-state index is -2.15. The molecule has 0 spiro atoms. The van der Waals surface area contributed by atoms with Gasteiger partial charge in [-0.05, 0) is 55.8 Å². The van der Waals surface area contributed by atoms with Crippen LogP contribution in [0.3, 0.4) is 0 Å². The van der Waals surface area contributed by atoms with E-state index in [-0.39, 0.29) is 17.1 Å². The monoisotopic (exact) mass is 902 g/mol. The van der Waals surface area contributed by atoms with Crippen molar-refractivity contribution in [3.05, 3.63) is 76.5 Å². The number of aliphatic hydroxyl groups excluding tert-OH is 8.